The molecule has 0 bridgehead atoms. The number of aryl methyl sites for hydroxylation is 3. The molecule has 3 amide bonds. The van der Waals surface area contributed by atoms with Crippen molar-refractivity contribution < 1.29 is 14.4 Å². The Bertz CT molecular complexity index is 1980. The molecule has 8 heteroatoms. The first-order chi connectivity index (χ1) is 23.6. The van der Waals surface area contributed by atoms with E-state index >= 15 is 0 Å². The number of nitrogens with one attached hydrogen (secondary N) is 1. The third kappa shape index (κ3) is 7.82. The maximum absolute atomic E-state index is 14.2. The first-order valence-electron chi connectivity index (χ1n) is 16.1. The Morgan fingerprint density at radius 1 is 0.939 bits per heavy atom. The van der Waals surface area contributed by atoms with Crippen molar-refractivity contribution in [2.45, 2.75) is 40.7 Å². The normalized spacial score (nSPS) is 14.6. The van der Waals surface area contributed by atoms with Crippen molar-refractivity contribution in [2.75, 3.05) is 5.75 Å². The molecule has 0 aliphatic carbocycles. The average Bonchev–Trinajstić information content (AvgIpc) is 3.37. The lowest BCUT2D eigenvalue weighted by Crippen LogP contribution is -2.42. The average molecular weight is 669 g/mol. The maximum Gasteiger partial charge on any atom is 0.285 e. The van der Waals surface area contributed by atoms with E-state index < -0.39 is 11.8 Å². The minimum Gasteiger partial charge on any atom is -0.344 e. The van der Waals surface area contributed by atoms with Crippen LogP contribution < -0.4 is 5.32 Å². The van der Waals surface area contributed by atoms with E-state index in [2.05, 4.69) is 53.5 Å². The van der Waals surface area contributed by atoms with Gasteiger partial charge in [-0.3, -0.25) is 19.3 Å². The summed E-state index contributed by atoms with van der Waals surface area (Å²) in [5.74, 6) is -1.51. The fraction of sp³-hybridized carbons (Fsp3) is 0.171. The molecule has 0 atom stereocenters. The van der Waals surface area contributed by atoms with E-state index in [9.17, 15) is 14.4 Å². The molecule has 1 aliphatic rings. The quantitative estimate of drug-likeness (QED) is 0.105. The van der Waals surface area contributed by atoms with Gasteiger partial charge in [-0.1, -0.05) is 115 Å². The topological polar surface area (TPSA) is 83.8 Å². The van der Waals surface area contributed by atoms with Gasteiger partial charge in [0.25, 0.3) is 11.8 Å². The van der Waals surface area contributed by atoms with Crippen LogP contribution in [-0.4, -0.2) is 38.1 Å². The first-order valence-corrected chi connectivity index (χ1v) is 17.0. The molecule has 1 aromatic heterocycles. The number of amidine groups is 1. The van der Waals surface area contributed by atoms with Crippen molar-refractivity contribution >= 4 is 40.7 Å². The van der Waals surface area contributed by atoms with Crippen molar-refractivity contribution in [2.24, 2.45) is 4.99 Å². The number of benzene rings is 3. The number of aliphatic imine (C=N–C) groups is 1. The Morgan fingerprint density at radius 3 is 2.18 bits per heavy atom. The smallest absolute Gasteiger partial charge is 0.285 e. The lowest BCUT2D eigenvalue weighted by molar-refractivity contribution is -0.126. The number of nitrogens with zero attached hydrogens (tertiary/aromatic N) is 3. The second-order valence-corrected chi connectivity index (χ2v) is 12.7. The number of carbonyl (C=O) groups excluding carboxylic acids is 3. The SMILES string of the molecule is C=C/C=C\C(=C/C)N1C(=O)/C(=C/c2cc(C)n(-c3ccc(C)cc3C)c2C)C(=O)N=C1SCC(=O)NC(c1ccccc1)c1ccccc1. The number of rotatable bonds is 10. The summed E-state index contributed by atoms with van der Waals surface area (Å²) in [6.45, 7) is 13.7. The van der Waals surface area contributed by atoms with Crippen LogP contribution >= 0.6 is 11.8 Å². The molecular weight excluding hydrogens is 629 g/mol. The molecule has 1 N–H and O–H groups in total. The van der Waals surface area contributed by atoms with E-state index in [1.165, 1.54) is 10.5 Å². The van der Waals surface area contributed by atoms with Crippen molar-refractivity contribution in [3.8, 4) is 5.69 Å². The number of amides is 3. The number of hydrogen-bond donors (Lipinski definition) is 1. The number of aromatic nitrogens is 1. The van der Waals surface area contributed by atoms with Gasteiger partial charge in [0.2, 0.25) is 5.91 Å². The van der Waals surface area contributed by atoms with E-state index in [0.717, 1.165) is 51.1 Å². The largest absolute Gasteiger partial charge is 0.344 e. The molecule has 0 saturated carbocycles. The van der Waals surface area contributed by atoms with Gasteiger partial charge in [-0.2, -0.15) is 4.99 Å². The summed E-state index contributed by atoms with van der Waals surface area (Å²) in [5.41, 5.74) is 8.27. The Labute approximate surface area is 292 Å². The van der Waals surface area contributed by atoms with Crippen LogP contribution in [0.25, 0.3) is 11.8 Å². The van der Waals surface area contributed by atoms with Crippen LogP contribution in [0.4, 0.5) is 0 Å². The Hall–Kier alpha value is -5.47. The number of allylic oxidation sites excluding steroid dienone is 4. The van der Waals surface area contributed by atoms with E-state index in [1.807, 2.05) is 80.6 Å². The van der Waals surface area contributed by atoms with Crippen molar-refractivity contribution in [3.63, 3.8) is 0 Å². The third-order valence-corrected chi connectivity index (χ3v) is 9.21. The molecule has 2 heterocycles. The van der Waals surface area contributed by atoms with Crippen molar-refractivity contribution in [3.05, 3.63) is 166 Å². The van der Waals surface area contributed by atoms with Gasteiger partial charge in [0.1, 0.15) is 5.57 Å². The summed E-state index contributed by atoms with van der Waals surface area (Å²) >= 11 is 1.04. The third-order valence-electron chi connectivity index (χ3n) is 8.28. The first kappa shape index (κ1) is 34.9. The fourth-order valence-electron chi connectivity index (χ4n) is 5.91. The van der Waals surface area contributed by atoms with Crippen LogP contribution in [0.5, 0.6) is 0 Å². The molecule has 5 rings (SSSR count). The molecule has 0 radical (unpaired) electrons. The highest BCUT2D eigenvalue weighted by atomic mass is 32.2. The molecule has 0 unspecified atom stereocenters. The van der Waals surface area contributed by atoms with E-state index in [1.54, 1.807) is 37.3 Å². The minimum absolute atomic E-state index is 0.0609. The highest BCUT2D eigenvalue weighted by Gasteiger charge is 2.35. The van der Waals surface area contributed by atoms with Crippen molar-refractivity contribution in [1.29, 1.82) is 0 Å². The van der Waals surface area contributed by atoms with Gasteiger partial charge in [-0.25, -0.2) is 0 Å². The zero-order valence-electron chi connectivity index (χ0n) is 28.4. The van der Waals surface area contributed by atoms with Crippen LogP contribution in [-0.2, 0) is 14.4 Å². The van der Waals surface area contributed by atoms with Gasteiger partial charge in [0, 0.05) is 22.8 Å². The van der Waals surface area contributed by atoms with Crippen LogP contribution in [0.2, 0.25) is 0 Å². The molecule has 0 spiro atoms. The summed E-state index contributed by atoms with van der Waals surface area (Å²) < 4.78 is 2.13. The van der Waals surface area contributed by atoms with Gasteiger partial charge >= 0.3 is 0 Å². The van der Waals surface area contributed by atoms with Gasteiger partial charge < -0.3 is 9.88 Å². The second-order valence-electron chi connectivity index (χ2n) is 11.8. The number of hydrogen-bond acceptors (Lipinski definition) is 4. The number of carbonyl (C=O) groups is 3. The zero-order valence-corrected chi connectivity index (χ0v) is 29.3. The van der Waals surface area contributed by atoms with Crippen LogP contribution in [0, 0.1) is 27.7 Å². The highest BCUT2D eigenvalue weighted by molar-refractivity contribution is 8.14. The molecule has 3 aromatic carbocycles. The summed E-state index contributed by atoms with van der Waals surface area (Å²) in [7, 11) is 0. The van der Waals surface area contributed by atoms with Gasteiger partial charge in [-0.15, -0.1) is 0 Å². The molecule has 49 heavy (non-hydrogen) atoms. The standard InChI is InChI=1S/C41H40N4O3S/c1-7-9-20-34(8-2)45-40(48)35(25-33-24-29(5)44(30(33)6)36-22-21-27(3)23-28(36)4)39(47)43-41(45)49-26-37(46)42-38(31-16-12-10-13-17-31)32-18-14-11-15-19-32/h7-25,38H,1,26H2,2-6H3,(H,42,46)/b20-9-,34-8+,35-25+. The minimum atomic E-state index is -0.657. The monoisotopic (exact) mass is 668 g/mol. The molecular formula is C41H40N4O3S. The molecule has 4 aromatic rings. The van der Waals surface area contributed by atoms with Crippen molar-refractivity contribution in [1.82, 2.24) is 14.8 Å². The number of thioether (sulfide) groups is 1. The summed E-state index contributed by atoms with van der Waals surface area (Å²) in [6.07, 6.45) is 8.41. The predicted molar refractivity (Wildman–Crippen MR) is 200 cm³/mol. The molecule has 7 nitrogen and oxygen atoms in total. The predicted octanol–water partition coefficient (Wildman–Crippen LogP) is 8.10. The van der Waals surface area contributed by atoms with Gasteiger partial charge in [-0.05, 0) is 81.2 Å². The lowest BCUT2D eigenvalue weighted by Gasteiger charge is -2.28. The summed E-state index contributed by atoms with van der Waals surface area (Å²) in [6, 6.07) is 27.3. The Balaban J connectivity index is 1.46. The fourth-order valence-corrected chi connectivity index (χ4v) is 6.72. The highest BCUT2D eigenvalue weighted by Crippen LogP contribution is 2.30. The lowest BCUT2D eigenvalue weighted by atomic mass is 9.99. The summed E-state index contributed by atoms with van der Waals surface area (Å²) in [5, 5.41) is 3.25. The second kappa shape index (κ2) is 15.6. The van der Waals surface area contributed by atoms with Gasteiger partial charge in [0.15, 0.2) is 5.17 Å². The molecule has 0 saturated heterocycles. The van der Waals surface area contributed by atoms with Crippen LogP contribution in [0.15, 0.2) is 132 Å². The Kier molecular flexibility index (Phi) is 11.1. The van der Waals surface area contributed by atoms with Crippen LogP contribution in [0.1, 0.15) is 52.2 Å². The van der Waals surface area contributed by atoms with Gasteiger partial charge in [0.05, 0.1) is 11.8 Å². The van der Waals surface area contributed by atoms with E-state index in [-0.39, 0.29) is 28.4 Å². The Morgan fingerprint density at radius 2 is 1.59 bits per heavy atom. The van der Waals surface area contributed by atoms with E-state index in [4.69, 9.17) is 0 Å². The van der Waals surface area contributed by atoms with E-state index in [0.29, 0.717) is 5.70 Å². The molecule has 248 valence electrons. The molecule has 1 aliphatic heterocycles. The summed E-state index contributed by atoms with van der Waals surface area (Å²) in [4.78, 5) is 47.0. The maximum atomic E-state index is 14.2. The zero-order chi connectivity index (χ0) is 35.1. The van der Waals surface area contributed by atoms with Crippen LogP contribution in [0.3, 0.4) is 0 Å². The molecule has 0 fully saturated rings.